The Morgan fingerprint density at radius 3 is 2.85 bits per heavy atom. The van der Waals surface area contributed by atoms with E-state index in [2.05, 4.69) is 15.0 Å². The van der Waals surface area contributed by atoms with Crippen molar-refractivity contribution in [1.82, 2.24) is 15.0 Å². The number of rotatable bonds is 6. The molecule has 9 heteroatoms. The number of nitrogens with one attached hydrogen (secondary N) is 2. The molecular formula is C18H24ClN3O4S. The van der Waals surface area contributed by atoms with E-state index >= 15 is 0 Å². The van der Waals surface area contributed by atoms with Gasteiger partial charge in [0.2, 0.25) is 10.0 Å². The van der Waals surface area contributed by atoms with Crippen molar-refractivity contribution in [3.05, 3.63) is 36.2 Å². The van der Waals surface area contributed by atoms with Gasteiger partial charge >= 0.3 is 5.97 Å². The Labute approximate surface area is 165 Å². The summed E-state index contributed by atoms with van der Waals surface area (Å²) in [5, 5.41) is 4.24. The number of piperidine rings is 1. The summed E-state index contributed by atoms with van der Waals surface area (Å²) in [5.74, 6) is -0.1000. The number of halogens is 1. The van der Waals surface area contributed by atoms with Gasteiger partial charge in [-0.2, -0.15) is 0 Å². The Morgan fingerprint density at radius 1 is 1.33 bits per heavy atom. The Bertz CT molecular complexity index is 899. The van der Waals surface area contributed by atoms with Crippen molar-refractivity contribution < 1.29 is 17.9 Å². The highest BCUT2D eigenvalue weighted by atomic mass is 35.5. The molecule has 1 fully saturated rings. The van der Waals surface area contributed by atoms with Crippen LogP contribution in [0.15, 0.2) is 35.4 Å². The summed E-state index contributed by atoms with van der Waals surface area (Å²) < 4.78 is 33.0. The molecule has 0 saturated carbocycles. The molecule has 3 rings (SSSR count). The maximum atomic E-state index is 12.8. The summed E-state index contributed by atoms with van der Waals surface area (Å²) in [4.78, 5) is 16.1. The Kier molecular flexibility index (Phi) is 7.55. The van der Waals surface area contributed by atoms with Crippen LogP contribution < -0.4 is 10.0 Å². The zero-order chi connectivity index (χ0) is 18.6. The highest BCUT2D eigenvalue weighted by molar-refractivity contribution is 7.89. The number of fused-ring (bicyclic) bond motifs is 1. The minimum absolute atomic E-state index is 0. The summed E-state index contributed by atoms with van der Waals surface area (Å²) in [7, 11) is -2.42. The van der Waals surface area contributed by atoms with Crippen LogP contribution in [0, 0.1) is 5.92 Å². The standard InChI is InChI=1S/C18H23N3O4S.ClH/c1-25-18(22)17-15-5-2-6-16(14(15)8-10-20-17)26(23,24)21-11-7-13-4-3-9-19-12-13;/h2,5-6,8,10,13,19,21H,3-4,7,9,11-12H2,1H3;1H. The van der Waals surface area contributed by atoms with Crippen LogP contribution in [0.3, 0.4) is 0 Å². The maximum absolute atomic E-state index is 12.8. The maximum Gasteiger partial charge on any atom is 0.357 e. The lowest BCUT2D eigenvalue weighted by Crippen LogP contribution is -2.33. The molecule has 1 aromatic carbocycles. The van der Waals surface area contributed by atoms with Crippen molar-refractivity contribution in [2.45, 2.75) is 24.2 Å². The molecule has 1 unspecified atom stereocenters. The molecule has 0 radical (unpaired) electrons. The quantitative estimate of drug-likeness (QED) is 0.704. The molecule has 1 saturated heterocycles. The number of carbonyl (C=O) groups is 1. The molecular weight excluding hydrogens is 390 g/mol. The van der Waals surface area contributed by atoms with Gasteiger partial charge in [0.05, 0.1) is 12.0 Å². The first-order chi connectivity index (χ1) is 12.5. The third-order valence-corrected chi connectivity index (χ3v) is 6.20. The summed E-state index contributed by atoms with van der Waals surface area (Å²) in [6.45, 7) is 2.36. The number of ether oxygens (including phenoxy) is 1. The molecule has 1 aromatic heterocycles. The van der Waals surface area contributed by atoms with Crippen molar-refractivity contribution in [3.63, 3.8) is 0 Å². The predicted octanol–water partition coefficient (Wildman–Crippen LogP) is 2.11. The van der Waals surface area contributed by atoms with E-state index in [4.69, 9.17) is 4.74 Å². The molecule has 1 atom stereocenters. The van der Waals surface area contributed by atoms with E-state index in [1.807, 2.05) is 0 Å². The molecule has 148 valence electrons. The van der Waals surface area contributed by atoms with Crippen LogP contribution in [0.25, 0.3) is 10.8 Å². The van der Waals surface area contributed by atoms with E-state index in [9.17, 15) is 13.2 Å². The topological polar surface area (TPSA) is 97.4 Å². The van der Waals surface area contributed by atoms with Gasteiger partial charge in [-0.15, -0.1) is 12.4 Å². The number of hydrogen-bond acceptors (Lipinski definition) is 6. The lowest BCUT2D eigenvalue weighted by molar-refractivity contribution is 0.0596. The Balaban J connectivity index is 0.00000261. The van der Waals surface area contributed by atoms with Gasteiger partial charge in [-0.05, 0) is 50.4 Å². The number of methoxy groups -OCH3 is 1. The van der Waals surface area contributed by atoms with Gasteiger partial charge in [-0.1, -0.05) is 12.1 Å². The molecule has 0 bridgehead atoms. The summed E-state index contributed by atoms with van der Waals surface area (Å²) in [6.07, 6.45) is 4.47. The number of nitrogens with zero attached hydrogens (tertiary/aromatic N) is 1. The molecule has 0 spiro atoms. The number of benzene rings is 1. The Morgan fingerprint density at radius 2 is 2.15 bits per heavy atom. The molecule has 7 nitrogen and oxygen atoms in total. The van der Waals surface area contributed by atoms with Gasteiger partial charge in [-0.3, -0.25) is 0 Å². The van der Waals surface area contributed by atoms with E-state index in [0.29, 0.717) is 23.2 Å². The molecule has 1 aliphatic heterocycles. The van der Waals surface area contributed by atoms with Gasteiger partial charge in [0.25, 0.3) is 0 Å². The molecule has 2 aromatic rings. The van der Waals surface area contributed by atoms with E-state index in [-0.39, 0.29) is 23.0 Å². The second kappa shape index (κ2) is 9.45. The lowest BCUT2D eigenvalue weighted by Gasteiger charge is -2.22. The largest absolute Gasteiger partial charge is 0.464 e. The van der Waals surface area contributed by atoms with Crippen LogP contribution in [0.5, 0.6) is 0 Å². The minimum atomic E-state index is -3.69. The molecule has 2 heterocycles. The first-order valence-corrected chi connectivity index (χ1v) is 10.2. The fraction of sp³-hybridized carbons (Fsp3) is 0.444. The van der Waals surface area contributed by atoms with Gasteiger partial charge in [-0.25, -0.2) is 22.9 Å². The van der Waals surface area contributed by atoms with E-state index < -0.39 is 16.0 Å². The van der Waals surface area contributed by atoms with Gasteiger partial charge < -0.3 is 10.1 Å². The molecule has 2 N–H and O–H groups in total. The normalized spacial score (nSPS) is 17.3. The smallest absolute Gasteiger partial charge is 0.357 e. The fourth-order valence-electron chi connectivity index (χ4n) is 3.32. The lowest BCUT2D eigenvalue weighted by atomic mass is 9.96. The van der Waals surface area contributed by atoms with E-state index in [1.54, 1.807) is 18.2 Å². The number of carbonyl (C=O) groups excluding carboxylic acids is 1. The summed E-state index contributed by atoms with van der Waals surface area (Å²) in [5.41, 5.74) is 0.107. The second-order valence-corrected chi connectivity index (χ2v) is 8.14. The third kappa shape index (κ3) is 4.95. The first-order valence-electron chi connectivity index (χ1n) is 8.69. The van der Waals surface area contributed by atoms with Crippen LogP contribution in [0.1, 0.15) is 29.8 Å². The number of hydrogen-bond donors (Lipinski definition) is 2. The van der Waals surface area contributed by atoms with Crippen molar-refractivity contribution in [2.75, 3.05) is 26.7 Å². The zero-order valence-electron chi connectivity index (χ0n) is 15.1. The Hall–Kier alpha value is -1.74. The third-order valence-electron chi connectivity index (χ3n) is 4.68. The predicted molar refractivity (Wildman–Crippen MR) is 106 cm³/mol. The minimum Gasteiger partial charge on any atom is -0.464 e. The van der Waals surface area contributed by atoms with Crippen LogP contribution in [-0.4, -0.2) is 46.1 Å². The summed E-state index contributed by atoms with van der Waals surface area (Å²) >= 11 is 0. The zero-order valence-corrected chi connectivity index (χ0v) is 16.7. The van der Waals surface area contributed by atoms with Crippen molar-refractivity contribution >= 4 is 39.2 Å². The van der Waals surface area contributed by atoms with Gasteiger partial charge in [0.1, 0.15) is 0 Å². The number of sulfonamides is 1. The van der Waals surface area contributed by atoms with Gasteiger partial charge in [0.15, 0.2) is 5.69 Å². The van der Waals surface area contributed by atoms with E-state index in [1.165, 1.54) is 19.4 Å². The van der Waals surface area contributed by atoms with Crippen LogP contribution >= 0.6 is 12.4 Å². The fourth-order valence-corrected chi connectivity index (χ4v) is 4.58. The van der Waals surface area contributed by atoms with E-state index in [0.717, 1.165) is 32.4 Å². The van der Waals surface area contributed by atoms with Crippen LogP contribution in [0.4, 0.5) is 0 Å². The number of pyridine rings is 1. The number of aromatic nitrogens is 1. The van der Waals surface area contributed by atoms with Gasteiger partial charge in [0, 0.05) is 23.5 Å². The average molecular weight is 414 g/mol. The molecule has 0 amide bonds. The molecule has 27 heavy (non-hydrogen) atoms. The average Bonchev–Trinajstić information content (AvgIpc) is 2.67. The summed E-state index contributed by atoms with van der Waals surface area (Å²) in [6, 6.07) is 6.41. The van der Waals surface area contributed by atoms with Crippen LogP contribution in [0.2, 0.25) is 0 Å². The van der Waals surface area contributed by atoms with Crippen molar-refractivity contribution in [2.24, 2.45) is 5.92 Å². The molecule has 1 aliphatic rings. The second-order valence-electron chi connectivity index (χ2n) is 6.40. The number of esters is 1. The first kappa shape index (κ1) is 21.6. The highest BCUT2D eigenvalue weighted by Gasteiger charge is 2.21. The molecule has 0 aliphatic carbocycles. The monoisotopic (exact) mass is 413 g/mol. The highest BCUT2D eigenvalue weighted by Crippen LogP contribution is 2.25. The van der Waals surface area contributed by atoms with Crippen molar-refractivity contribution in [1.29, 1.82) is 0 Å². The van der Waals surface area contributed by atoms with Crippen molar-refractivity contribution in [3.8, 4) is 0 Å². The van der Waals surface area contributed by atoms with Crippen LogP contribution in [-0.2, 0) is 14.8 Å². The SMILES string of the molecule is COC(=O)c1nccc2c(S(=O)(=O)NCCC3CCCNC3)cccc12.Cl.